The topological polar surface area (TPSA) is 60.6 Å². The van der Waals surface area contributed by atoms with Gasteiger partial charge >= 0.3 is 0 Å². The number of ether oxygens (including phenoxy) is 2. The molecule has 0 amide bonds. The molecule has 1 aromatic rings. The summed E-state index contributed by atoms with van der Waals surface area (Å²) in [6, 6.07) is 0. The van der Waals surface area contributed by atoms with Crippen molar-refractivity contribution in [1.82, 2.24) is 4.37 Å². The molecule has 0 unspecified atom stereocenters. The fourth-order valence-corrected chi connectivity index (χ4v) is 2.10. The molecule has 0 atom stereocenters. The minimum absolute atomic E-state index is 0.473. The van der Waals surface area contributed by atoms with Crippen LogP contribution in [0.15, 0.2) is 0 Å². The number of nitrogens with two attached hydrogens (primary N) is 1. The molecule has 0 saturated heterocycles. The Morgan fingerprint density at radius 1 is 1.50 bits per heavy atom. The summed E-state index contributed by atoms with van der Waals surface area (Å²) in [6.07, 6.45) is 0.969. The van der Waals surface area contributed by atoms with Crippen LogP contribution in [0.5, 0.6) is 5.75 Å². The highest BCUT2D eigenvalue weighted by atomic mass is 32.1. The van der Waals surface area contributed by atoms with Crippen LogP contribution in [0.3, 0.4) is 0 Å². The van der Waals surface area contributed by atoms with Gasteiger partial charge in [-0.05, 0) is 24.9 Å². The predicted molar refractivity (Wildman–Crippen MR) is 67.5 cm³/mol. The van der Waals surface area contributed by atoms with Gasteiger partial charge in [0.25, 0.3) is 0 Å². The third kappa shape index (κ3) is 3.24. The molecule has 5 nitrogen and oxygen atoms in total. The Kier molecular flexibility index (Phi) is 5.34. The molecule has 0 radical (unpaired) electrons. The van der Waals surface area contributed by atoms with Crippen molar-refractivity contribution in [2.24, 2.45) is 0 Å². The lowest BCUT2D eigenvalue weighted by molar-refractivity contribution is 0.196. The summed E-state index contributed by atoms with van der Waals surface area (Å²) in [5.74, 6) is 1.17. The molecule has 16 heavy (non-hydrogen) atoms. The van der Waals surface area contributed by atoms with Gasteiger partial charge < -0.3 is 20.1 Å². The van der Waals surface area contributed by atoms with Gasteiger partial charge in [-0.3, -0.25) is 0 Å². The van der Waals surface area contributed by atoms with Gasteiger partial charge in [0.1, 0.15) is 0 Å². The standard InChI is InChI=1S/C10H19N3O2S/c1-4-15-8-9(11)12-16-10(8)13(2)6-5-7-14-3/h4-7H2,1-3H3,(H2,11,12). The molecule has 2 N–H and O–H groups in total. The van der Waals surface area contributed by atoms with Crippen LogP contribution >= 0.6 is 11.5 Å². The second-order valence-corrected chi connectivity index (χ2v) is 4.15. The zero-order chi connectivity index (χ0) is 12.0. The lowest BCUT2D eigenvalue weighted by atomic mass is 10.4. The maximum atomic E-state index is 5.74. The van der Waals surface area contributed by atoms with E-state index in [0.717, 1.165) is 24.6 Å². The summed E-state index contributed by atoms with van der Waals surface area (Å²) in [5, 5.41) is 0.982. The van der Waals surface area contributed by atoms with Crippen LogP contribution in [0, 0.1) is 0 Å². The van der Waals surface area contributed by atoms with E-state index >= 15 is 0 Å². The van der Waals surface area contributed by atoms with Crippen molar-refractivity contribution in [3.63, 3.8) is 0 Å². The van der Waals surface area contributed by atoms with Crippen molar-refractivity contribution in [3.8, 4) is 5.75 Å². The largest absolute Gasteiger partial charge is 0.487 e. The van der Waals surface area contributed by atoms with Crippen LogP contribution in [0.2, 0.25) is 0 Å². The molecular formula is C10H19N3O2S. The lowest BCUT2D eigenvalue weighted by Crippen LogP contribution is -2.19. The molecule has 6 heteroatoms. The first-order valence-corrected chi connectivity index (χ1v) is 6.06. The Hall–Kier alpha value is -1.01. The normalized spacial score (nSPS) is 10.4. The molecule has 0 aliphatic carbocycles. The maximum absolute atomic E-state index is 5.74. The third-order valence-corrected chi connectivity index (χ3v) is 3.09. The summed E-state index contributed by atoms with van der Waals surface area (Å²) in [7, 11) is 3.71. The number of hydrogen-bond donors (Lipinski definition) is 1. The van der Waals surface area contributed by atoms with Gasteiger partial charge in [-0.15, -0.1) is 0 Å². The Labute approximate surface area is 100 Å². The van der Waals surface area contributed by atoms with E-state index in [1.54, 1.807) is 7.11 Å². The van der Waals surface area contributed by atoms with E-state index in [9.17, 15) is 0 Å². The minimum atomic E-state index is 0.473. The van der Waals surface area contributed by atoms with Crippen LogP contribution in [0.25, 0.3) is 0 Å². The van der Waals surface area contributed by atoms with Crippen molar-refractivity contribution >= 4 is 22.4 Å². The summed E-state index contributed by atoms with van der Waals surface area (Å²) < 4.78 is 14.6. The van der Waals surface area contributed by atoms with Crippen LogP contribution < -0.4 is 15.4 Å². The SMILES string of the molecule is CCOc1c(N)nsc1N(C)CCCOC. The fourth-order valence-electron chi connectivity index (χ4n) is 1.36. The van der Waals surface area contributed by atoms with Gasteiger partial charge in [0.2, 0.25) is 0 Å². The van der Waals surface area contributed by atoms with E-state index in [4.69, 9.17) is 15.2 Å². The van der Waals surface area contributed by atoms with Gasteiger partial charge in [-0.1, -0.05) is 0 Å². The molecule has 0 bridgehead atoms. The quantitative estimate of drug-likeness (QED) is 0.739. The number of hydrogen-bond acceptors (Lipinski definition) is 6. The summed E-state index contributed by atoms with van der Waals surface area (Å²) in [4.78, 5) is 2.10. The number of anilines is 2. The molecule has 92 valence electrons. The summed E-state index contributed by atoms with van der Waals surface area (Å²) in [5.41, 5.74) is 5.74. The second-order valence-electron chi connectivity index (χ2n) is 3.40. The smallest absolute Gasteiger partial charge is 0.197 e. The minimum Gasteiger partial charge on any atom is -0.487 e. The highest BCUT2D eigenvalue weighted by molar-refractivity contribution is 7.11. The number of nitrogen functional groups attached to an aromatic ring is 1. The Morgan fingerprint density at radius 3 is 2.88 bits per heavy atom. The van der Waals surface area contributed by atoms with E-state index in [1.807, 2.05) is 14.0 Å². The van der Waals surface area contributed by atoms with Crippen LogP contribution in [-0.4, -0.2) is 38.3 Å². The zero-order valence-corrected chi connectivity index (χ0v) is 10.8. The van der Waals surface area contributed by atoms with Crippen LogP contribution in [0.4, 0.5) is 10.8 Å². The highest BCUT2D eigenvalue weighted by Crippen LogP contribution is 2.37. The van der Waals surface area contributed by atoms with Crippen molar-refractivity contribution in [2.75, 3.05) is 44.5 Å². The maximum Gasteiger partial charge on any atom is 0.197 e. The molecule has 0 aromatic carbocycles. The molecule has 1 aromatic heterocycles. The molecule has 0 aliphatic rings. The van der Waals surface area contributed by atoms with Crippen molar-refractivity contribution < 1.29 is 9.47 Å². The monoisotopic (exact) mass is 245 g/mol. The van der Waals surface area contributed by atoms with E-state index in [2.05, 4.69) is 9.27 Å². The first-order valence-electron chi connectivity index (χ1n) is 5.28. The van der Waals surface area contributed by atoms with Gasteiger partial charge in [-0.2, -0.15) is 4.37 Å². The second kappa shape index (κ2) is 6.55. The third-order valence-electron chi connectivity index (χ3n) is 2.13. The van der Waals surface area contributed by atoms with E-state index < -0.39 is 0 Å². The van der Waals surface area contributed by atoms with Crippen LogP contribution in [-0.2, 0) is 4.74 Å². The summed E-state index contributed by atoms with van der Waals surface area (Å²) in [6.45, 7) is 4.19. The Balaban J connectivity index is 2.63. The molecule has 1 rings (SSSR count). The number of rotatable bonds is 7. The van der Waals surface area contributed by atoms with Crippen molar-refractivity contribution in [3.05, 3.63) is 0 Å². The molecule has 0 spiro atoms. The van der Waals surface area contributed by atoms with Crippen molar-refractivity contribution in [1.29, 1.82) is 0 Å². The number of methoxy groups -OCH3 is 1. The van der Waals surface area contributed by atoms with Gasteiger partial charge in [0, 0.05) is 27.3 Å². The predicted octanol–water partition coefficient (Wildman–Crippen LogP) is 1.60. The Bertz CT molecular complexity index is 317. The molecule has 0 fully saturated rings. The van der Waals surface area contributed by atoms with Gasteiger partial charge in [0.15, 0.2) is 16.6 Å². The summed E-state index contributed by atoms with van der Waals surface area (Å²) >= 11 is 1.37. The van der Waals surface area contributed by atoms with E-state index in [1.165, 1.54) is 11.5 Å². The average Bonchev–Trinajstić information content (AvgIpc) is 2.62. The zero-order valence-electron chi connectivity index (χ0n) is 10.0. The molecule has 0 aliphatic heterocycles. The van der Waals surface area contributed by atoms with E-state index in [-0.39, 0.29) is 0 Å². The fraction of sp³-hybridized carbons (Fsp3) is 0.700. The molecular weight excluding hydrogens is 226 g/mol. The highest BCUT2D eigenvalue weighted by Gasteiger charge is 2.15. The van der Waals surface area contributed by atoms with Gasteiger partial charge in [-0.25, -0.2) is 0 Å². The van der Waals surface area contributed by atoms with Crippen LogP contribution in [0.1, 0.15) is 13.3 Å². The first kappa shape index (κ1) is 13.1. The number of nitrogens with zero attached hydrogens (tertiary/aromatic N) is 2. The van der Waals surface area contributed by atoms with Crippen molar-refractivity contribution in [2.45, 2.75) is 13.3 Å². The molecule has 0 saturated carbocycles. The lowest BCUT2D eigenvalue weighted by Gasteiger charge is -2.18. The first-order chi connectivity index (χ1) is 7.70. The average molecular weight is 245 g/mol. The van der Waals surface area contributed by atoms with E-state index in [0.29, 0.717) is 18.2 Å². The number of aromatic nitrogens is 1. The Morgan fingerprint density at radius 2 is 2.25 bits per heavy atom. The van der Waals surface area contributed by atoms with Gasteiger partial charge in [0.05, 0.1) is 6.61 Å². The molecule has 1 heterocycles.